The summed E-state index contributed by atoms with van der Waals surface area (Å²) >= 11 is 6.25. The predicted molar refractivity (Wildman–Crippen MR) is 121 cm³/mol. The molecule has 0 saturated heterocycles. The van der Waals surface area contributed by atoms with Crippen LogP contribution in [0.25, 0.3) is 22.4 Å². The smallest absolute Gasteiger partial charge is 0.416 e. The molecule has 0 bridgehead atoms. The van der Waals surface area contributed by atoms with E-state index in [9.17, 15) is 13.2 Å². The predicted octanol–water partition coefficient (Wildman–Crippen LogP) is 7.82. The number of hydrogen-bond donors (Lipinski definition) is 1. The molecule has 0 atom stereocenters. The van der Waals surface area contributed by atoms with Crippen molar-refractivity contribution in [1.82, 2.24) is 9.97 Å². The second-order valence-electron chi connectivity index (χ2n) is 7.63. The van der Waals surface area contributed by atoms with E-state index in [1.807, 2.05) is 6.07 Å². The van der Waals surface area contributed by atoms with Crippen molar-refractivity contribution in [3.63, 3.8) is 0 Å². The highest BCUT2D eigenvalue weighted by molar-refractivity contribution is 6.32. The molecule has 0 saturated carbocycles. The number of H-pyrrole nitrogens is 1. The van der Waals surface area contributed by atoms with E-state index in [2.05, 4.69) is 29.0 Å². The summed E-state index contributed by atoms with van der Waals surface area (Å²) in [5.74, 6) is 0.940. The highest BCUT2D eigenvalue weighted by Gasteiger charge is 2.33. The summed E-state index contributed by atoms with van der Waals surface area (Å²) in [6.45, 7) is 1.91. The van der Waals surface area contributed by atoms with Crippen molar-refractivity contribution < 1.29 is 17.9 Å². The monoisotopic (exact) mass is 458 g/mol. The molecule has 3 aromatic carbocycles. The molecule has 0 fully saturated rings. The maximum absolute atomic E-state index is 13.2. The van der Waals surface area contributed by atoms with Crippen molar-refractivity contribution in [2.45, 2.75) is 39.0 Å². The number of ether oxygens (including phenoxy) is 1. The summed E-state index contributed by atoms with van der Waals surface area (Å²) in [6.07, 6.45) is -1.18. The van der Waals surface area contributed by atoms with Gasteiger partial charge < -0.3 is 9.72 Å². The Balaban J connectivity index is 1.58. The van der Waals surface area contributed by atoms with Crippen LogP contribution in [0.3, 0.4) is 0 Å². The van der Waals surface area contributed by atoms with Crippen molar-refractivity contribution >= 4 is 22.6 Å². The first-order chi connectivity index (χ1) is 15.3. The van der Waals surface area contributed by atoms with E-state index in [0.717, 1.165) is 41.9 Å². The van der Waals surface area contributed by atoms with Gasteiger partial charge in [0.25, 0.3) is 0 Å². The second-order valence-corrected chi connectivity index (χ2v) is 8.04. The number of aryl methyl sites for hydroxylation is 1. The van der Waals surface area contributed by atoms with Crippen LogP contribution in [-0.4, -0.2) is 9.97 Å². The van der Waals surface area contributed by atoms with Crippen LogP contribution in [0, 0.1) is 0 Å². The fourth-order valence-corrected chi connectivity index (χ4v) is 3.74. The average molecular weight is 459 g/mol. The average Bonchev–Trinajstić information content (AvgIpc) is 3.20. The van der Waals surface area contributed by atoms with Crippen molar-refractivity contribution in [1.29, 1.82) is 0 Å². The zero-order valence-corrected chi connectivity index (χ0v) is 18.2. The minimum atomic E-state index is -4.45. The zero-order chi connectivity index (χ0) is 22.7. The largest absolute Gasteiger partial charge is 0.487 e. The normalized spacial score (nSPS) is 11.8. The molecule has 0 amide bonds. The number of nitrogens with one attached hydrogen (secondary N) is 1. The number of imidazole rings is 1. The topological polar surface area (TPSA) is 37.9 Å². The van der Waals surface area contributed by atoms with Crippen LogP contribution in [0.15, 0.2) is 60.7 Å². The van der Waals surface area contributed by atoms with Crippen LogP contribution in [0.1, 0.15) is 36.5 Å². The molecule has 0 aliphatic heterocycles. The number of alkyl halides is 3. The highest BCUT2D eigenvalue weighted by atomic mass is 35.5. The highest BCUT2D eigenvalue weighted by Crippen LogP contribution is 2.34. The standard InChI is InChI=1S/C25H22ClF3N2O/c1-2-3-6-16-9-12-21-22(13-16)31-24(30-21)17-10-11-20(26)23(14-17)32-15-18-7-4-5-8-19(18)25(27,28)29/h4-5,7-14H,2-3,6,15H2,1H3,(H,30,31). The van der Waals surface area contributed by atoms with E-state index in [1.54, 1.807) is 24.3 Å². The Labute approximate surface area is 189 Å². The molecule has 32 heavy (non-hydrogen) atoms. The lowest BCUT2D eigenvalue weighted by atomic mass is 10.1. The lowest BCUT2D eigenvalue weighted by molar-refractivity contribution is -0.138. The number of benzene rings is 3. The van der Waals surface area contributed by atoms with Crippen molar-refractivity contribution in [2.24, 2.45) is 0 Å². The van der Waals surface area contributed by atoms with Gasteiger partial charge in [0.1, 0.15) is 18.2 Å². The Morgan fingerprint density at radius 3 is 2.62 bits per heavy atom. The fourth-order valence-electron chi connectivity index (χ4n) is 3.57. The summed E-state index contributed by atoms with van der Waals surface area (Å²) in [5.41, 5.74) is 3.09. The first-order valence-electron chi connectivity index (χ1n) is 10.4. The van der Waals surface area contributed by atoms with Gasteiger partial charge in [-0.25, -0.2) is 4.98 Å². The zero-order valence-electron chi connectivity index (χ0n) is 17.5. The third-order valence-electron chi connectivity index (χ3n) is 5.28. The number of hydrogen-bond acceptors (Lipinski definition) is 2. The first-order valence-corrected chi connectivity index (χ1v) is 10.8. The van der Waals surface area contributed by atoms with Crippen LogP contribution in [0.2, 0.25) is 5.02 Å². The molecule has 0 aliphatic rings. The van der Waals surface area contributed by atoms with Gasteiger partial charge in [0.2, 0.25) is 0 Å². The van der Waals surface area contributed by atoms with Gasteiger partial charge in [-0.15, -0.1) is 0 Å². The van der Waals surface area contributed by atoms with Crippen LogP contribution in [0.4, 0.5) is 13.2 Å². The maximum Gasteiger partial charge on any atom is 0.416 e. The molecule has 166 valence electrons. The maximum atomic E-state index is 13.2. The van der Waals surface area contributed by atoms with Crippen LogP contribution >= 0.6 is 11.6 Å². The van der Waals surface area contributed by atoms with E-state index in [-0.39, 0.29) is 12.2 Å². The molecule has 7 heteroatoms. The molecule has 0 unspecified atom stereocenters. The molecule has 0 aliphatic carbocycles. The van der Waals surface area contributed by atoms with Gasteiger partial charge in [0, 0.05) is 11.1 Å². The SMILES string of the molecule is CCCCc1ccc2nc(-c3ccc(Cl)c(OCc4ccccc4C(F)(F)F)c3)[nH]c2c1. The number of rotatable bonds is 7. The molecule has 3 nitrogen and oxygen atoms in total. The van der Waals surface area contributed by atoms with Gasteiger partial charge in [-0.3, -0.25) is 0 Å². The molecule has 1 aromatic heterocycles. The fraction of sp³-hybridized carbons (Fsp3) is 0.240. The Hall–Kier alpha value is -2.99. The lowest BCUT2D eigenvalue weighted by Crippen LogP contribution is -2.10. The van der Waals surface area contributed by atoms with E-state index in [1.165, 1.54) is 17.7 Å². The summed E-state index contributed by atoms with van der Waals surface area (Å²) in [7, 11) is 0. The molecular weight excluding hydrogens is 437 g/mol. The van der Waals surface area contributed by atoms with Crippen LogP contribution < -0.4 is 4.74 Å². The van der Waals surface area contributed by atoms with Gasteiger partial charge in [-0.2, -0.15) is 13.2 Å². The molecule has 4 rings (SSSR count). The molecule has 0 radical (unpaired) electrons. The van der Waals surface area contributed by atoms with Gasteiger partial charge in [0.05, 0.1) is 21.6 Å². The molecular formula is C25H22ClF3N2O. The molecule has 1 N–H and O–H groups in total. The van der Waals surface area contributed by atoms with E-state index >= 15 is 0 Å². The number of unbranched alkanes of at least 4 members (excludes halogenated alkanes) is 1. The number of fused-ring (bicyclic) bond motifs is 1. The van der Waals surface area contributed by atoms with E-state index < -0.39 is 11.7 Å². The van der Waals surface area contributed by atoms with E-state index in [4.69, 9.17) is 16.3 Å². The Morgan fingerprint density at radius 1 is 1.03 bits per heavy atom. The first kappa shape index (κ1) is 22.2. The number of aromatic amines is 1. The summed E-state index contributed by atoms with van der Waals surface area (Å²) in [4.78, 5) is 7.96. The van der Waals surface area contributed by atoms with Gasteiger partial charge in [0.15, 0.2) is 0 Å². The number of aromatic nitrogens is 2. The molecule has 1 heterocycles. The molecule has 4 aromatic rings. The Bertz CT molecular complexity index is 1230. The summed E-state index contributed by atoms with van der Waals surface area (Å²) < 4.78 is 45.4. The van der Waals surface area contributed by atoms with Gasteiger partial charge >= 0.3 is 6.18 Å². The quantitative estimate of drug-likeness (QED) is 0.306. The third-order valence-corrected chi connectivity index (χ3v) is 5.59. The third kappa shape index (κ3) is 4.91. The minimum Gasteiger partial charge on any atom is -0.487 e. The second kappa shape index (κ2) is 9.25. The van der Waals surface area contributed by atoms with Gasteiger partial charge in [-0.1, -0.05) is 49.2 Å². The van der Waals surface area contributed by atoms with E-state index in [0.29, 0.717) is 16.6 Å². The number of nitrogens with zero attached hydrogens (tertiary/aromatic N) is 1. The van der Waals surface area contributed by atoms with Crippen LogP contribution in [-0.2, 0) is 19.2 Å². The minimum absolute atomic E-state index is 0.0461. The summed E-state index contributed by atoms with van der Waals surface area (Å²) in [5, 5.41) is 0.316. The van der Waals surface area contributed by atoms with Crippen LogP contribution in [0.5, 0.6) is 5.75 Å². The van der Waals surface area contributed by atoms with Crippen molar-refractivity contribution in [3.8, 4) is 17.1 Å². The van der Waals surface area contributed by atoms with Gasteiger partial charge in [-0.05, 0) is 54.8 Å². The Morgan fingerprint density at radius 2 is 1.84 bits per heavy atom. The molecule has 0 spiro atoms. The number of halogens is 4. The Kier molecular flexibility index (Phi) is 6.42. The van der Waals surface area contributed by atoms with Crippen molar-refractivity contribution in [3.05, 3.63) is 82.4 Å². The van der Waals surface area contributed by atoms with Crippen molar-refractivity contribution in [2.75, 3.05) is 0 Å². The summed E-state index contributed by atoms with van der Waals surface area (Å²) in [6, 6.07) is 16.7. The lowest BCUT2D eigenvalue weighted by Gasteiger charge is -2.14.